The van der Waals surface area contributed by atoms with Crippen molar-refractivity contribution in [1.29, 1.82) is 0 Å². The summed E-state index contributed by atoms with van der Waals surface area (Å²) in [5.74, 6) is 1.03. The van der Waals surface area contributed by atoms with Crippen LogP contribution >= 0.6 is 0 Å². The highest BCUT2D eigenvalue weighted by Crippen LogP contribution is 2.47. The monoisotopic (exact) mass is 345 g/mol. The summed E-state index contributed by atoms with van der Waals surface area (Å²) in [6.07, 6.45) is -0.338. The number of nitrogens with two attached hydrogens (primary N) is 1. The Kier molecular flexibility index (Phi) is 3.81. The molecule has 0 bridgehead atoms. The second kappa shape index (κ2) is 6.15. The Hall–Kier alpha value is -3.40. The predicted octanol–water partition coefficient (Wildman–Crippen LogP) is 4.74. The summed E-state index contributed by atoms with van der Waals surface area (Å²) < 4.78 is 6.29. The topological polar surface area (TPSA) is 75.7 Å². The number of anilines is 1. The van der Waals surface area contributed by atoms with Crippen molar-refractivity contribution in [3.05, 3.63) is 83.4 Å². The van der Waals surface area contributed by atoms with Crippen LogP contribution in [0.3, 0.4) is 0 Å². The summed E-state index contributed by atoms with van der Waals surface area (Å²) in [6, 6.07) is 19.8. The molecule has 1 heterocycles. The molecule has 1 unspecified atom stereocenters. The predicted molar refractivity (Wildman–Crippen MR) is 103 cm³/mol. The maximum Gasteiger partial charge on any atom is 0.150 e. The van der Waals surface area contributed by atoms with E-state index in [1.54, 1.807) is 24.3 Å². The van der Waals surface area contributed by atoms with Gasteiger partial charge in [-0.25, -0.2) is 0 Å². The van der Waals surface area contributed by atoms with E-state index in [-0.39, 0.29) is 17.6 Å². The van der Waals surface area contributed by atoms with Gasteiger partial charge in [0.05, 0.1) is 0 Å². The molecule has 3 aromatic rings. The standard InChI is InChI=1S/C22H19NO3/c1-13-19-11-10-18(25)12-20(19)26-22(15-2-6-16(23)7-3-15)21(13)14-4-8-17(24)9-5-14/h2-12,22,24-25H,23H2,1H3. The first-order chi connectivity index (χ1) is 12.5. The molecule has 4 N–H and O–H groups in total. The Balaban J connectivity index is 1.92. The van der Waals surface area contributed by atoms with Crippen molar-refractivity contribution in [2.45, 2.75) is 13.0 Å². The minimum absolute atomic E-state index is 0.167. The Morgan fingerprint density at radius 2 is 1.50 bits per heavy atom. The van der Waals surface area contributed by atoms with Gasteiger partial charge >= 0.3 is 0 Å². The molecule has 0 saturated heterocycles. The van der Waals surface area contributed by atoms with Gasteiger partial charge in [0.2, 0.25) is 0 Å². The van der Waals surface area contributed by atoms with Crippen molar-refractivity contribution in [1.82, 2.24) is 0 Å². The maximum atomic E-state index is 9.84. The van der Waals surface area contributed by atoms with Crippen LogP contribution in [0.25, 0.3) is 11.1 Å². The third kappa shape index (κ3) is 2.75. The molecule has 130 valence electrons. The van der Waals surface area contributed by atoms with Crippen LogP contribution in [-0.4, -0.2) is 10.2 Å². The molecule has 0 spiro atoms. The van der Waals surface area contributed by atoms with Gasteiger partial charge < -0.3 is 20.7 Å². The molecule has 1 atom stereocenters. The van der Waals surface area contributed by atoms with Gasteiger partial charge in [-0.15, -0.1) is 0 Å². The molecule has 0 aliphatic carbocycles. The summed E-state index contributed by atoms with van der Waals surface area (Å²) in [5, 5.41) is 19.5. The molecular formula is C22H19NO3. The second-order valence-electron chi connectivity index (χ2n) is 6.43. The zero-order valence-corrected chi connectivity index (χ0v) is 14.3. The van der Waals surface area contributed by atoms with Gasteiger partial charge in [-0.2, -0.15) is 0 Å². The molecule has 0 aromatic heterocycles. The van der Waals surface area contributed by atoms with Crippen molar-refractivity contribution in [3.63, 3.8) is 0 Å². The number of hydrogen-bond donors (Lipinski definition) is 3. The van der Waals surface area contributed by atoms with Crippen LogP contribution in [0.4, 0.5) is 5.69 Å². The highest BCUT2D eigenvalue weighted by molar-refractivity contribution is 5.95. The van der Waals surface area contributed by atoms with Crippen molar-refractivity contribution in [2.24, 2.45) is 0 Å². The van der Waals surface area contributed by atoms with Crippen LogP contribution in [0.1, 0.15) is 29.7 Å². The van der Waals surface area contributed by atoms with E-state index in [9.17, 15) is 10.2 Å². The van der Waals surface area contributed by atoms with Gasteiger partial charge in [-0.1, -0.05) is 24.3 Å². The van der Waals surface area contributed by atoms with Crippen LogP contribution in [0.15, 0.2) is 66.7 Å². The fraction of sp³-hybridized carbons (Fsp3) is 0.0909. The fourth-order valence-electron chi connectivity index (χ4n) is 3.36. The number of rotatable bonds is 2. The van der Waals surface area contributed by atoms with Crippen LogP contribution in [0, 0.1) is 0 Å². The minimum atomic E-state index is -0.338. The van der Waals surface area contributed by atoms with E-state index in [0.717, 1.165) is 27.8 Å². The van der Waals surface area contributed by atoms with Crippen LogP contribution < -0.4 is 10.5 Å². The highest BCUT2D eigenvalue weighted by atomic mass is 16.5. The van der Waals surface area contributed by atoms with Gasteiger partial charge in [0.25, 0.3) is 0 Å². The molecule has 4 nitrogen and oxygen atoms in total. The van der Waals surface area contributed by atoms with Gasteiger partial charge in [-0.05, 0) is 60.0 Å². The summed E-state index contributed by atoms with van der Waals surface area (Å²) in [6.45, 7) is 2.05. The number of allylic oxidation sites excluding steroid dienone is 1. The van der Waals surface area contributed by atoms with E-state index in [1.165, 1.54) is 0 Å². The fourth-order valence-corrected chi connectivity index (χ4v) is 3.36. The van der Waals surface area contributed by atoms with Crippen LogP contribution in [-0.2, 0) is 0 Å². The third-order valence-corrected chi connectivity index (χ3v) is 4.70. The van der Waals surface area contributed by atoms with Gasteiger partial charge in [-0.3, -0.25) is 0 Å². The summed E-state index contributed by atoms with van der Waals surface area (Å²) in [4.78, 5) is 0. The molecule has 0 saturated carbocycles. The molecule has 4 rings (SSSR count). The van der Waals surface area contributed by atoms with E-state index in [0.29, 0.717) is 11.4 Å². The Bertz CT molecular complexity index is 989. The number of aromatic hydroxyl groups is 2. The molecule has 26 heavy (non-hydrogen) atoms. The van der Waals surface area contributed by atoms with E-state index < -0.39 is 0 Å². The van der Waals surface area contributed by atoms with Crippen molar-refractivity contribution in [3.8, 4) is 17.2 Å². The Labute approximate surface area is 151 Å². The van der Waals surface area contributed by atoms with Crippen molar-refractivity contribution in [2.75, 3.05) is 5.73 Å². The molecule has 1 aliphatic rings. The smallest absolute Gasteiger partial charge is 0.150 e. The Morgan fingerprint density at radius 1 is 0.846 bits per heavy atom. The Morgan fingerprint density at radius 3 is 2.19 bits per heavy atom. The zero-order valence-electron chi connectivity index (χ0n) is 14.3. The molecule has 0 amide bonds. The average Bonchev–Trinajstić information content (AvgIpc) is 2.63. The quantitative estimate of drug-likeness (QED) is 0.586. The van der Waals surface area contributed by atoms with Crippen LogP contribution in [0.5, 0.6) is 17.2 Å². The number of hydrogen-bond acceptors (Lipinski definition) is 4. The average molecular weight is 345 g/mol. The lowest BCUT2D eigenvalue weighted by Crippen LogP contribution is -2.16. The first-order valence-corrected chi connectivity index (χ1v) is 8.38. The van der Waals surface area contributed by atoms with Crippen molar-refractivity contribution < 1.29 is 14.9 Å². The van der Waals surface area contributed by atoms with Crippen molar-refractivity contribution >= 4 is 16.8 Å². The third-order valence-electron chi connectivity index (χ3n) is 4.70. The molecule has 4 heteroatoms. The lowest BCUT2D eigenvalue weighted by Gasteiger charge is -2.31. The minimum Gasteiger partial charge on any atom is -0.508 e. The first kappa shape index (κ1) is 16.1. The number of phenolic OH excluding ortho intramolecular Hbond substituents is 2. The lowest BCUT2D eigenvalue weighted by atomic mass is 9.86. The summed E-state index contributed by atoms with van der Waals surface area (Å²) >= 11 is 0. The zero-order chi connectivity index (χ0) is 18.3. The van der Waals surface area contributed by atoms with Crippen LogP contribution in [0.2, 0.25) is 0 Å². The summed E-state index contributed by atoms with van der Waals surface area (Å²) in [5.41, 5.74) is 11.5. The van der Waals surface area contributed by atoms with Gasteiger partial charge in [0.1, 0.15) is 23.4 Å². The number of benzene rings is 3. The number of fused-ring (bicyclic) bond motifs is 1. The van der Waals surface area contributed by atoms with Gasteiger partial charge in [0.15, 0.2) is 0 Å². The summed E-state index contributed by atoms with van der Waals surface area (Å²) in [7, 11) is 0. The van der Waals surface area contributed by atoms with E-state index in [1.807, 2.05) is 49.4 Å². The largest absolute Gasteiger partial charge is 0.508 e. The maximum absolute atomic E-state index is 9.84. The van der Waals surface area contributed by atoms with E-state index >= 15 is 0 Å². The molecule has 0 fully saturated rings. The molecule has 0 radical (unpaired) electrons. The second-order valence-corrected chi connectivity index (χ2v) is 6.43. The normalized spacial score (nSPS) is 16.1. The number of nitrogen functional groups attached to an aromatic ring is 1. The lowest BCUT2D eigenvalue weighted by molar-refractivity contribution is 0.259. The van der Waals surface area contributed by atoms with Gasteiger partial charge in [0, 0.05) is 22.9 Å². The highest BCUT2D eigenvalue weighted by Gasteiger charge is 2.29. The van der Waals surface area contributed by atoms with E-state index in [2.05, 4.69) is 0 Å². The SMILES string of the molecule is CC1=C(c2ccc(O)cc2)C(c2ccc(N)cc2)Oc2cc(O)ccc21. The van der Waals surface area contributed by atoms with E-state index in [4.69, 9.17) is 10.5 Å². The first-order valence-electron chi connectivity index (χ1n) is 8.38. The molecule has 3 aromatic carbocycles. The number of phenols is 2. The number of ether oxygens (including phenoxy) is 1. The molecule has 1 aliphatic heterocycles. The molecular weight excluding hydrogens is 326 g/mol.